The summed E-state index contributed by atoms with van der Waals surface area (Å²) in [6.45, 7) is 2.35. The molecule has 0 aliphatic carbocycles. The van der Waals surface area contributed by atoms with Gasteiger partial charge in [-0.05, 0) is 36.8 Å². The van der Waals surface area contributed by atoms with Gasteiger partial charge in [0.15, 0.2) is 11.5 Å². The number of carbonyl (C=O) groups excluding carboxylic acids is 1. The fraction of sp³-hybridized carbons (Fsp3) is 0.316. The maximum absolute atomic E-state index is 13.3. The van der Waals surface area contributed by atoms with E-state index in [1.807, 2.05) is 13.0 Å². The van der Waals surface area contributed by atoms with Gasteiger partial charge in [0, 0.05) is 20.2 Å². The van der Waals surface area contributed by atoms with E-state index in [9.17, 15) is 13.2 Å². The molecule has 144 valence electrons. The molecule has 0 spiro atoms. The molecule has 1 amide bonds. The summed E-state index contributed by atoms with van der Waals surface area (Å²) in [6, 6.07) is 11.5. The Labute approximate surface area is 159 Å². The fourth-order valence-corrected chi connectivity index (χ4v) is 4.10. The first-order valence-corrected chi connectivity index (χ1v) is 9.92. The zero-order valence-electron chi connectivity index (χ0n) is 15.5. The molecular weight excluding hydrogens is 368 g/mol. The molecule has 0 saturated heterocycles. The summed E-state index contributed by atoms with van der Waals surface area (Å²) in [4.78, 5) is 13.7. The van der Waals surface area contributed by atoms with Crippen LogP contribution in [0.2, 0.25) is 0 Å². The predicted octanol–water partition coefficient (Wildman–Crippen LogP) is 2.05. The Hall–Kier alpha value is -2.74. The lowest BCUT2D eigenvalue weighted by Crippen LogP contribution is -2.40. The van der Waals surface area contributed by atoms with Crippen molar-refractivity contribution in [2.45, 2.75) is 11.8 Å². The lowest BCUT2D eigenvalue weighted by atomic mass is 10.2. The molecule has 0 N–H and O–H groups in total. The van der Waals surface area contributed by atoms with Gasteiger partial charge in [-0.2, -0.15) is 0 Å². The van der Waals surface area contributed by atoms with Crippen LogP contribution in [0.5, 0.6) is 11.5 Å². The quantitative estimate of drug-likeness (QED) is 0.781. The first-order valence-electron chi connectivity index (χ1n) is 8.48. The number of sulfonamides is 1. The van der Waals surface area contributed by atoms with Gasteiger partial charge >= 0.3 is 0 Å². The van der Waals surface area contributed by atoms with E-state index in [4.69, 9.17) is 9.47 Å². The summed E-state index contributed by atoms with van der Waals surface area (Å²) >= 11 is 0. The first-order chi connectivity index (χ1) is 12.8. The van der Waals surface area contributed by atoms with E-state index >= 15 is 0 Å². The summed E-state index contributed by atoms with van der Waals surface area (Å²) < 4.78 is 38.8. The summed E-state index contributed by atoms with van der Waals surface area (Å²) in [5, 5.41) is 0. The minimum absolute atomic E-state index is 0.0415. The third-order valence-electron chi connectivity index (χ3n) is 4.17. The zero-order chi connectivity index (χ0) is 19.6. The smallest absolute Gasteiger partial charge is 0.264 e. The molecule has 2 aromatic rings. The van der Waals surface area contributed by atoms with Gasteiger partial charge in [-0.1, -0.05) is 12.1 Å². The third kappa shape index (κ3) is 4.00. The van der Waals surface area contributed by atoms with Crippen LogP contribution in [-0.2, 0) is 14.8 Å². The Balaban J connectivity index is 2.05. The Morgan fingerprint density at radius 1 is 1.04 bits per heavy atom. The Morgan fingerprint density at radius 3 is 2.41 bits per heavy atom. The van der Waals surface area contributed by atoms with Crippen molar-refractivity contribution in [2.24, 2.45) is 0 Å². The largest absolute Gasteiger partial charge is 0.486 e. The van der Waals surface area contributed by atoms with Crippen molar-refractivity contribution < 1.29 is 22.7 Å². The molecule has 27 heavy (non-hydrogen) atoms. The van der Waals surface area contributed by atoms with E-state index in [0.29, 0.717) is 30.4 Å². The van der Waals surface area contributed by atoms with Crippen molar-refractivity contribution in [3.8, 4) is 11.5 Å². The molecule has 3 rings (SSSR count). The topological polar surface area (TPSA) is 76.2 Å². The van der Waals surface area contributed by atoms with Crippen LogP contribution in [0, 0.1) is 6.92 Å². The molecule has 0 saturated carbocycles. The van der Waals surface area contributed by atoms with Gasteiger partial charge < -0.3 is 14.4 Å². The minimum Gasteiger partial charge on any atom is -0.486 e. The number of ether oxygens (including phenoxy) is 2. The van der Waals surface area contributed by atoms with Gasteiger partial charge in [0.2, 0.25) is 5.91 Å². The minimum atomic E-state index is -3.98. The van der Waals surface area contributed by atoms with Crippen LogP contribution < -0.4 is 13.8 Å². The zero-order valence-corrected chi connectivity index (χ0v) is 16.3. The summed E-state index contributed by atoms with van der Waals surface area (Å²) in [6.07, 6.45) is 0. The second-order valence-electron chi connectivity index (χ2n) is 6.44. The molecule has 0 fully saturated rings. The average Bonchev–Trinajstić information content (AvgIpc) is 2.65. The van der Waals surface area contributed by atoms with Gasteiger partial charge in [0.1, 0.15) is 19.8 Å². The van der Waals surface area contributed by atoms with E-state index in [0.717, 1.165) is 9.87 Å². The van der Waals surface area contributed by atoms with Crippen molar-refractivity contribution in [1.29, 1.82) is 0 Å². The van der Waals surface area contributed by atoms with Crippen molar-refractivity contribution >= 4 is 21.6 Å². The average molecular weight is 390 g/mol. The second kappa shape index (κ2) is 7.48. The van der Waals surface area contributed by atoms with Crippen LogP contribution in [0.3, 0.4) is 0 Å². The van der Waals surface area contributed by atoms with E-state index in [2.05, 4.69) is 0 Å². The highest BCUT2D eigenvalue weighted by Crippen LogP contribution is 2.34. The van der Waals surface area contributed by atoms with Gasteiger partial charge in [-0.25, -0.2) is 8.42 Å². The summed E-state index contributed by atoms with van der Waals surface area (Å²) in [7, 11) is -0.801. The molecule has 0 aromatic heterocycles. The number of likely N-dealkylation sites (N-methyl/N-ethyl adjacent to an activating group) is 1. The molecule has 8 heteroatoms. The molecule has 1 heterocycles. The summed E-state index contributed by atoms with van der Waals surface area (Å²) in [5.41, 5.74) is 1.33. The van der Waals surface area contributed by atoms with E-state index in [-0.39, 0.29) is 17.3 Å². The normalized spacial score (nSPS) is 13.1. The van der Waals surface area contributed by atoms with Crippen LogP contribution in [0.4, 0.5) is 5.69 Å². The number of fused-ring (bicyclic) bond motifs is 1. The van der Waals surface area contributed by atoms with Crippen molar-refractivity contribution in [3.05, 3.63) is 48.0 Å². The van der Waals surface area contributed by atoms with Gasteiger partial charge in [-0.3, -0.25) is 9.10 Å². The Kier molecular flexibility index (Phi) is 5.27. The van der Waals surface area contributed by atoms with Crippen LogP contribution in [0.15, 0.2) is 47.4 Å². The van der Waals surface area contributed by atoms with Crippen LogP contribution in [0.25, 0.3) is 0 Å². The number of rotatable bonds is 5. The lowest BCUT2D eigenvalue weighted by molar-refractivity contribution is -0.127. The van der Waals surface area contributed by atoms with Gasteiger partial charge in [0.05, 0.1) is 10.6 Å². The molecule has 0 unspecified atom stereocenters. The second-order valence-corrected chi connectivity index (χ2v) is 8.31. The molecule has 0 atom stereocenters. The van der Waals surface area contributed by atoms with E-state index in [1.165, 1.54) is 17.0 Å². The number of aryl methyl sites for hydroxylation is 1. The molecule has 0 radical (unpaired) electrons. The summed E-state index contributed by atoms with van der Waals surface area (Å²) in [5.74, 6) is 0.565. The number of benzene rings is 2. The molecule has 1 aliphatic rings. The van der Waals surface area contributed by atoms with Gasteiger partial charge in [0.25, 0.3) is 10.0 Å². The van der Waals surface area contributed by atoms with Crippen LogP contribution >= 0.6 is 0 Å². The SMILES string of the molecule is Cc1cccc(N(CC(=O)N(C)C)S(=O)(=O)c2ccc3c(c2)OCCO3)c1. The van der Waals surface area contributed by atoms with Gasteiger partial charge in [-0.15, -0.1) is 0 Å². The standard InChI is InChI=1S/C19H22N2O5S/c1-14-5-4-6-15(11-14)21(13-19(22)20(2)3)27(23,24)16-7-8-17-18(12-16)26-10-9-25-17/h4-8,11-12H,9-10,13H2,1-3H3. The van der Waals surface area contributed by atoms with Crippen molar-refractivity contribution in [1.82, 2.24) is 4.90 Å². The monoisotopic (exact) mass is 390 g/mol. The number of anilines is 1. The Bertz CT molecular complexity index is 956. The maximum atomic E-state index is 13.3. The molecule has 0 bridgehead atoms. The molecular formula is C19H22N2O5S. The van der Waals surface area contributed by atoms with Crippen LogP contribution in [0.1, 0.15) is 5.56 Å². The van der Waals surface area contributed by atoms with Crippen molar-refractivity contribution in [3.63, 3.8) is 0 Å². The molecule has 1 aliphatic heterocycles. The predicted molar refractivity (Wildman–Crippen MR) is 102 cm³/mol. The third-order valence-corrected chi connectivity index (χ3v) is 5.94. The van der Waals surface area contributed by atoms with E-state index < -0.39 is 10.0 Å². The Morgan fingerprint density at radius 2 is 1.74 bits per heavy atom. The highest BCUT2D eigenvalue weighted by Gasteiger charge is 2.29. The number of nitrogens with zero attached hydrogens (tertiary/aromatic N) is 2. The van der Waals surface area contributed by atoms with Crippen LogP contribution in [-0.4, -0.2) is 53.1 Å². The first kappa shape index (κ1) is 19.0. The highest BCUT2D eigenvalue weighted by atomic mass is 32.2. The number of hydrogen-bond donors (Lipinski definition) is 0. The molecule has 7 nitrogen and oxygen atoms in total. The fourth-order valence-electron chi connectivity index (χ4n) is 2.67. The number of hydrogen-bond acceptors (Lipinski definition) is 5. The number of amides is 1. The molecule has 2 aromatic carbocycles. The highest BCUT2D eigenvalue weighted by molar-refractivity contribution is 7.92. The van der Waals surface area contributed by atoms with Crippen molar-refractivity contribution in [2.75, 3.05) is 38.2 Å². The maximum Gasteiger partial charge on any atom is 0.264 e. The number of carbonyl (C=O) groups is 1. The lowest BCUT2D eigenvalue weighted by Gasteiger charge is -2.26. The van der Waals surface area contributed by atoms with E-state index in [1.54, 1.807) is 38.4 Å².